The molecule has 0 saturated heterocycles. The van der Waals surface area contributed by atoms with Gasteiger partial charge in [0.2, 0.25) is 5.91 Å². The fourth-order valence-corrected chi connectivity index (χ4v) is 8.31. The zero-order chi connectivity index (χ0) is 22.7. The molecule has 1 aromatic rings. The molecule has 1 aromatic carbocycles. The second-order valence-corrected chi connectivity index (χ2v) is 12.1. The van der Waals surface area contributed by atoms with Crippen LogP contribution in [0.4, 0.5) is 0 Å². The van der Waals surface area contributed by atoms with Gasteiger partial charge in [-0.3, -0.25) is 9.59 Å². The third kappa shape index (κ3) is 3.30. The summed E-state index contributed by atoms with van der Waals surface area (Å²) in [5, 5.41) is 3.42. The molecule has 32 heavy (non-hydrogen) atoms. The van der Waals surface area contributed by atoms with Crippen LogP contribution in [0.15, 0.2) is 42.0 Å². The standard InChI is InChI=1S/C29H39NO2/c1-27(2,19-8-6-5-7-9-19)30-26(32)25-13-12-23-22-11-10-20-18-21(31)14-16-28(20,3)24(22)15-17-29(23,25)4/h5-9,18,22-25H,10-17H2,1-4H3,(H,30,32)/t22-,23-,24+,25?,28-,29-/m0/s1. The summed E-state index contributed by atoms with van der Waals surface area (Å²) in [4.78, 5) is 25.7. The highest BCUT2D eigenvalue weighted by molar-refractivity contribution is 5.91. The molecule has 3 nitrogen and oxygen atoms in total. The smallest absolute Gasteiger partial charge is 0.224 e. The van der Waals surface area contributed by atoms with Crippen molar-refractivity contribution in [3.8, 4) is 0 Å². The first-order valence-electron chi connectivity index (χ1n) is 12.8. The summed E-state index contributed by atoms with van der Waals surface area (Å²) in [6, 6.07) is 10.3. The summed E-state index contributed by atoms with van der Waals surface area (Å²) in [5.41, 5.74) is 2.52. The molecule has 0 heterocycles. The van der Waals surface area contributed by atoms with E-state index in [4.69, 9.17) is 0 Å². The van der Waals surface area contributed by atoms with Gasteiger partial charge >= 0.3 is 0 Å². The second kappa shape index (κ2) is 7.57. The minimum atomic E-state index is -0.364. The minimum Gasteiger partial charge on any atom is -0.347 e. The predicted octanol–water partition coefficient (Wildman–Crippen LogP) is 6.19. The van der Waals surface area contributed by atoms with Crippen LogP contribution < -0.4 is 5.32 Å². The van der Waals surface area contributed by atoms with E-state index in [1.165, 1.54) is 24.8 Å². The van der Waals surface area contributed by atoms with Gasteiger partial charge in [-0.1, -0.05) is 49.8 Å². The van der Waals surface area contributed by atoms with E-state index in [0.717, 1.165) is 31.2 Å². The molecular formula is C29H39NO2. The topological polar surface area (TPSA) is 46.2 Å². The van der Waals surface area contributed by atoms with Crippen LogP contribution in [0, 0.1) is 34.5 Å². The maximum atomic E-state index is 13.6. The number of carbonyl (C=O) groups excluding carboxylic acids is 2. The van der Waals surface area contributed by atoms with Gasteiger partial charge in [0.15, 0.2) is 5.78 Å². The van der Waals surface area contributed by atoms with Crippen molar-refractivity contribution in [2.24, 2.45) is 34.5 Å². The number of ketones is 1. The number of fused-ring (bicyclic) bond motifs is 5. The van der Waals surface area contributed by atoms with E-state index >= 15 is 0 Å². The maximum absolute atomic E-state index is 13.6. The van der Waals surface area contributed by atoms with Gasteiger partial charge < -0.3 is 5.32 Å². The molecule has 172 valence electrons. The van der Waals surface area contributed by atoms with Crippen molar-refractivity contribution >= 4 is 11.7 Å². The summed E-state index contributed by atoms with van der Waals surface area (Å²) >= 11 is 0. The first-order chi connectivity index (χ1) is 15.1. The highest BCUT2D eigenvalue weighted by Gasteiger charge is 2.60. The van der Waals surface area contributed by atoms with Crippen LogP contribution in [0.3, 0.4) is 0 Å². The second-order valence-electron chi connectivity index (χ2n) is 12.1. The van der Waals surface area contributed by atoms with Crippen LogP contribution in [0.1, 0.15) is 84.6 Å². The first kappa shape index (κ1) is 21.9. The molecule has 0 aliphatic heterocycles. The van der Waals surface area contributed by atoms with Gasteiger partial charge in [0.25, 0.3) is 0 Å². The van der Waals surface area contributed by atoms with Crippen molar-refractivity contribution in [2.75, 3.05) is 0 Å². The first-order valence-corrected chi connectivity index (χ1v) is 12.8. The lowest BCUT2D eigenvalue weighted by molar-refractivity contribution is -0.134. The van der Waals surface area contributed by atoms with Gasteiger partial charge in [0, 0.05) is 12.3 Å². The van der Waals surface area contributed by atoms with Gasteiger partial charge in [0.05, 0.1) is 5.54 Å². The SMILES string of the molecule is CC(C)(NC(=O)C1CC[C@H]2[C@@H]3CCC4=CC(=O)CC[C@]4(C)[C@@H]3CC[C@]12C)c1ccccc1. The molecule has 1 unspecified atom stereocenters. The number of hydrogen-bond donors (Lipinski definition) is 1. The highest BCUT2D eigenvalue weighted by Crippen LogP contribution is 2.66. The Morgan fingerprint density at radius 3 is 2.47 bits per heavy atom. The van der Waals surface area contributed by atoms with E-state index in [1.807, 2.05) is 24.3 Å². The lowest BCUT2D eigenvalue weighted by Crippen LogP contribution is -2.53. The molecule has 1 amide bonds. The number of nitrogens with one attached hydrogen (secondary N) is 1. The number of hydrogen-bond acceptors (Lipinski definition) is 2. The average molecular weight is 434 g/mol. The number of carbonyl (C=O) groups is 2. The molecule has 4 aliphatic rings. The summed E-state index contributed by atoms with van der Waals surface area (Å²) in [7, 11) is 0. The third-order valence-corrected chi connectivity index (χ3v) is 10.2. The molecule has 1 N–H and O–H groups in total. The average Bonchev–Trinajstić information content (AvgIpc) is 3.12. The number of rotatable bonds is 3. The molecule has 3 heteroatoms. The summed E-state index contributed by atoms with van der Waals surface area (Å²) in [6.45, 7) is 9.09. The quantitative estimate of drug-likeness (QED) is 0.618. The van der Waals surface area contributed by atoms with E-state index in [1.54, 1.807) is 0 Å². The molecule has 0 aromatic heterocycles. The molecular weight excluding hydrogens is 394 g/mol. The Balaban J connectivity index is 1.36. The van der Waals surface area contributed by atoms with Crippen LogP contribution in [-0.2, 0) is 15.1 Å². The van der Waals surface area contributed by atoms with Crippen LogP contribution in [-0.4, -0.2) is 11.7 Å². The highest BCUT2D eigenvalue weighted by atomic mass is 16.2. The molecule has 3 fully saturated rings. The van der Waals surface area contributed by atoms with E-state index in [0.29, 0.717) is 30.0 Å². The third-order valence-electron chi connectivity index (χ3n) is 10.2. The van der Waals surface area contributed by atoms with Gasteiger partial charge in [-0.2, -0.15) is 0 Å². The number of amides is 1. The largest absolute Gasteiger partial charge is 0.347 e. The van der Waals surface area contributed by atoms with Gasteiger partial charge in [-0.15, -0.1) is 0 Å². The molecule has 0 radical (unpaired) electrons. The molecule has 0 bridgehead atoms. The van der Waals surface area contributed by atoms with Crippen LogP contribution in [0.2, 0.25) is 0 Å². The monoisotopic (exact) mass is 433 g/mol. The van der Waals surface area contributed by atoms with E-state index in [2.05, 4.69) is 45.1 Å². The Morgan fingerprint density at radius 2 is 1.72 bits per heavy atom. The van der Waals surface area contributed by atoms with Crippen LogP contribution in [0.5, 0.6) is 0 Å². The molecule has 3 saturated carbocycles. The van der Waals surface area contributed by atoms with Crippen molar-refractivity contribution < 1.29 is 9.59 Å². The molecule has 4 aliphatic carbocycles. The Labute approximate surface area is 193 Å². The van der Waals surface area contributed by atoms with Crippen molar-refractivity contribution in [1.29, 1.82) is 0 Å². The summed E-state index contributed by atoms with van der Waals surface area (Å²) in [6.07, 6.45) is 10.5. The summed E-state index contributed by atoms with van der Waals surface area (Å²) < 4.78 is 0. The van der Waals surface area contributed by atoms with Crippen LogP contribution in [0.25, 0.3) is 0 Å². The minimum absolute atomic E-state index is 0.0973. The molecule has 5 rings (SSSR count). The van der Waals surface area contributed by atoms with Crippen molar-refractivity contribution in [3.05, 3.63) is 47.5 Å². The van der Waals surface area contributed by atoms with Gasteiger partial charge in [0.1, 0.15) is 0 Å². The van der Waals surface area contributed by atoms with Crippen molar-refractivity contribution in [1.82, 2.24) is 5.32 Å². The molecule has 6 atom stereocenters. The Morgan fingerprint density at radius 1 is 0.969 bits per heavy atom. The number of allylic oxidation sites excluding steroid dienone is 1. The van der Waals surface area contributed by atoms with Crippen molar-refractivity contribution in [2.45, 2.75) is 84.6 Å². The Hall–Kier alpha value is -1.90. The lowest BCUT2D eigenvalue weighted by Gasteiger charge is -2.58. The Bertz CT molecular complexity index is 947. The zero-order valence-corrected chi connectivity index (χ0v) is 20.2. The summed E-state index contributed by atoms with van der Waals surface area (Å²) in [5.74, 6) is 2.69. The fourth-order valence-electron chi connectivity index (χ4n) is 8.31. The van der Waals surface area contributed by atoms with E-state index in [9.17, 15) is 9.59 Å². The van der Waals surface area contributed by atoms with Crippen molar-refractivity contribution in [3.63, 3.8) is 0 Å². The number of benzene rings is 1. The van der Waals surface area contributed by atoms with Gasteiger partial charge in [-0.25, -0.2) is 0 Å². The van der Waals surface area contributed by atoms with Gasteiger partial charge in [-0.05, 0) is 99.0 Å². The molecule has 0 spiro atoms. The normalized spacial score (nSPS) is 38.9. The maximum Gasteiger partial charge on any atom is 0.224 e. The zero-order valence-electron chi connectivity index (χ0n) is 20.2. The van der Waals surface area contributed by atoms with E-state index < -0.39 is 0 Å². The lowest BCUT2D eigenvalue weighted by atomic mass is 9.47. The Kier molecular flexibility index (Phi) is 5.18. The van der Waals surface area contributed by atoms with Crippen LogP contribution >= 0.6 is 0 Å². The fraction of sp³-hybridized carbons (Fsp3) is 0.655. The predicted molar refractivity (Wildman–Crippen MR) is 128 cm³/mol. The van der Waals surface area contributed by atoms with E-state index in [-0.39, 0.29) is 28.2 Å².